The molecule has 2 aromatic carbocycles. The van der Waals surface area contributed by atoms with Gasteiger partial charge in [0.05, 0.1) is 20.6 Å². The molecule has 1 aliphatic rings. The van der Waals surface area contributed by atoms with E-state index in [1.165, 1.54) is 11.1 Å². The van der Waals surface area contributed by atoms with E-state index in [2.05, 4.69) is 24.1 Å². The summed E-state index contributed by atoms with van der Waals surface area (Å²) in [7, 11) is 5.40. The molecular formula is C24H33Cl3N2O3. The molecule has 0 bridgehead atoms. The predicted molar refractivity (Wildman–Crippen MR) is 135 cm³/mol. The first kappa shape index (κ1) is 28.4. The normalized spacial score (nSPS) is 13.0. The minimum Gasteiger partial charge on any atom is -0.493 e. The number of carbonyl (C=O) groups excluding carboxylic acids is 1. The molecule has 0 fully saturated rings. The molecule has 1 heterocycles. The molecule has 178 valence electrons. The van der Waals surface area contributed by atoms with Crippen molar-refractivity contribution in [2.24, 2.45) is 0 Å². The van der Waals surface area contributed by atoms with Crippen LogP contribution in [0, 0.1) is 0 Å². The van der Waals surface area contributed by atoms with Gasteiger partial charge in [-0.3, -0.25) is 4.79 Å². The van der Waals surface area contributed by atoms with E-state index in [0.29, 0.717) is 12.2 Å². The highest BCUT2D eigenvalue weighted by molar-refractivity contribution is 6.30. The number of methoxy groups -OCH3 is 2. The molecule has 8 heteroatoms. The second-order valence-electron chi connectivity index (χ2n) is 7.82. The van der Waals surface area contributed by atoms with Crippen LogP contribution in [0.3, 0.4) is 0 Å². The number of benzene rings is 2. The molecule has 0 aliphatic carbocycles. The van der Waals surface area contributed by atoms with Crippen LogP contribution in [0.1, 0.15) is 23.1 Å². The van der Waals surface area contributed by atoms with Gasteiger partial charge in [0.15, 0.2) is 11.5 Å². The minimum atomic E-state index is 0. The van der Waals surface area contributed by atoms with Crippen LogP contribution in [-0.4, -0.2) is 63.2 Å². The maximum Gasteiger partial charge on any atom is 0.227 e. The number of rotatable bonds is 9. The maximum atomic E-state index is 12.8. The van der Waals surface area contributed by atoms with Gasteiger partial charge in [0.2, 0.25) is 5.91 Å². The number of carbonyl (C=O) groups is 1. The predicted octanol–water partition coefficient (Wildman–Crippen LogP) is 4.69. The van der Waals surface area contributed by atoms with Crippen molar-refractivity contribution < 1.29 is 14.3 Å². The SMILES string of the molecule is COc1cc2c(cc1OC)CC(=O)N(CCCN(C)CCc1ccc(Cl)cc1)CC2.Cl.Cl. The van der Waals surface area contributed by atoms with Crippen LogP contribution in [0.15, 0.2) is 36.4 Å². The zero-order chi connectivity index (χ0) is 21.5. The average molecular weight is 504 g/mol. The van der Waals surface area contributed by atoms with Gasteiger partial charge in [0, 0.05) is 24.7 Å². The van der Waals surface area contributed by atoms with E-state index in [9.17, 15) is 4.79 Å². The molecule has 0 atom stereocenters. The Bertz CT molecular complexity index is 862. The van der Waals surface area contributed by atoms with Crippen molar-refractivity contribution in [2.45, 2.75) is 25.7 Å². The summed E-state index contributed by atoms with van der Waals surface area (Å²) < 4.78 is 10.8. The molecule has 1 aliphatic heterocycles. The fraction of sp³-hybridized carbons (Fsp3) is 0.458. The van der Waals surface area contributed by atoms with Crippen molar-refractivity contribution in [1.29, 1.82) is 0 Å². The van der Waals surface area contributed by atoms with E-state index in [0.717, 1.165) is 61.8 Å². The monoisotopic (exact) mass is 502 g/mol. The Balaban J connectivity index is 0.00000256. The second-order valence-corrected chi connectivity index (χ2v) is 8.25. The van der Waals surface area contributed by atoms with Gasteiger partial charge in [-0.1, -0.05) is 23.7 Å². The van der Waals surface area contributed by atoms with Crippen LogP contribution >= 0.6 is 36.4 Å². The van der Waals surface area contributed by atoms with Crippen molar-refractivity contribution in [2.75, 3.05) is 47.4 Å². The molecule has 1 amide bonds. The maximum absolute atomic E-state index is 12.8. The second kappa shape index (κ2) is 13.8. The molecule has 5 nitrogen and oxygen atoms in total. The molecular weight excluding hydrogens is 471 g/mol. The number of nitrogens with zero attached hydrogens (tertiary/aromatic N) is 2. The van der Waals surface area contributed by atoms with Crippen LogP contribution in [0.4, 0.5) is 0 Å². The number of ether oxygens (including phenoxy) is 2. The van der Waals surface area contributed by atoms with E-state index < -0.39 is 0 Å². The van der Waals surface area contributed by atoms with Crippen LogP contribution in [-0.2, 0) is 24.1 Å². The summed E-state index contributed by atoms with van der Waals surface area (Å²) in [6.07, 6.45) is 3.22. The molecule has 0 spiro atoms. The first-order valence-corrected chi connectivity index (χ1v) is 10.8. The van der Waals surface area contributed by atoms with Crippen LogP contribution in [0.5, 0.6) is 11.5 Å². The van der Waals surface area contributed by atoms with E-state index in [1.807, 2.05) is 29.2 Å². The molecule has 0 saturated carbocycles. The van der Waals surface area contributed by atoms with Gasteiger partial charge in [-0.15, -0.1) is 24.8 Å². The molecule has 0 N–H and O–H groups in total. The Morgan fingerprint density at radius 2 is 1.62 bits per heavy atom. The minimum absolute atomic E-state index is 0. The summed E-state index contributed by atoms with van der Waals surface area (Å²) in [6.45, 7) is 3.48. The zero-order valence-corrected chi connectivity index (χ0v) is 21.3. The van der Waals surface area contributed by atoms with Gasteiger partial charge in [0.1, 0.15) is 0 Å². The summed E-state index contributed by atoms with van der Waals surface area (Å²) in [6, 6.07) is 12.0. The van der Waals surface area contributed by atoms with Crippen molar-refractivity contribution in [3.63, 3.8) is 0 Å². The molecule has 0 aromatic heterocycles. The van der Waals surface area contributed by atoms with Gasteiger partial charge in [0.25, 0.3) is 0 Å². The zero-order valence-electron chi connectivity index (χ0n) is 18.9. The lowest BCUT2D eigenvalue weighted by molar-refractivity contribution is -0.130. The fourth-order valence-electron chi connectivity index (χ4n) is 3.87. The quantitative estimate of drug-likeness (QED) is 0.498. The van der Waals surface area contributed by atoms with E-state index in [1.54, 1.807) is 14.2 Å². The highest BCUT2D eigenvalue weighted by Crippen LogP contribution is 2.32. The van der Waals surface area contributed by atoms with Gasteiger partial charge >= 0.3 is 0 Å². The fourth-order valence-corrected chi connectivity index (χ4v) is 3.99. The summed E-state index contributed by atoms with van der Waals surface area (Å²) in [5.41, 5.74) is 3.50. The van der Waals surface area contributed by atoms with Crippen molar-refractivity contribution in [3.05, 3.63) is 58.1 Å². The lowest BCUT2D eigenvalue weighted by Crippen LogP contribution is -2.35. The van der Waals surface area contributed by atoms with Crippen molar-refractivity contribution in [1.82, 2.24) is 9.80 Å². The molecule has 0 radical (unpaired) electrons. The Kier molecular flexibility index (Phi) is 12.2. The third kappa shape index (κ3) is 7.73. The largest absolute Gasteiger partial charge is 0.493 e. The summed E-state index contributed by atoms with van der Waals surface area (Å²) in [5.74, 6) is 1.59. The molecule has 0 unspecified atom stereocenters. The van der Waals surface area contributed by atoms with Crippen LogP contribution in [0.25, 0.3) is 0 Å². The number of amides is 1. The van der Waals surface area contributed by atoms with Gasteiger partial charge in [-0.05, 0) is 73.8 Å². The van der Waals surface area contributed by atoms with Crippen LogP contribution < -0.4 is 9.47 Å². The highest BCUT2D eigenvalue weighted by Gasteiger charge is 2.22. The number of likely N-dealkylation sites (N-methyl/N-ethyl adjacent to an activating group) is 1. The van der Waals surface area contributed by atoms with Crippen molar-refractivity contribution in [3.8, 4) is 11.5 Å². The summed E-state index contributed by atoms with van der Waals surface area (Å²) in [5, 5.41) is 0.772. The first-order valence-electron chi connectivity index (χ1n) is 10.4. The topological polar surface area (TPSA) is 42.0 Å². The number of hydrogen-bond donors (Lipinski definition) is 0. The number of halogens is 3. The number of fused-ring (bicyclic) bond motifs is 1. The standard InChI is InChI=1S/C24H31ClN2O3.2ClH/c1-26(13-9-18-5-7-21(25)8-6-18)11-4-12-27-14-10-19-15-22(29-2)23(30-3)16-20(19)17-24(27)28;;/h5-8,15-16H,4,9-14,17H2,1-3H3;2*1H. The summed E-state index contributed by atoms with van der Waals surface area (Å²) >= 11 is 5.94. The Labute approximate surface area is 208 Å². The molecule has 0 saturated heterocycles. The Morgan fingerprint density at radius 3 is 2.25 bits per heavy atom. The van der Waals surface area contributed by atoms with Gasteiger partial charge < -0.3 is 19.3 Å². The smallest absolute Gasteiger partial charge is 0.227 e. The van der Waals surface area contributed by atoms with E-state index >= 15 is 0 Å². The Morgan fingerprint density at radius 1 is 1.00 bits per heavy atom. The van der Waals surface area contributed by atoms with Gasteiger partial charge in [-0.2, -0.15) is 0 Å². The molecule has 2 aromatic rings. The molecule has 3 rings (SSSR count). The average Bonchev–Trinajstić information content (AvgIpc) is 2.90. The third-order valence-corrected chi connectivity index (χ3v) is 5.97. The highest BCUT2D eigenvalue weighted by atomic mass is 35.5. The van der Waals surface area contributed by atoms with E-state index in [-0.39, 0.29) is 30.7 Å². The summed E-state index contributed by atoms with van der Waals surface area (Å²) in [4.78, 5) is 17.1. The lowest BCUT2D eigenvalue weighted by Gasteiger charge is -2.23. The molecule has 32 heavy (non-hydrogen) atoms. The Hall–Kier alpha value is -1.66. The van der Waals surface area contributed by atoms with E-state index in [4.69, 9.17) is 21.1 Å². The number of hydrogen-bond acceptors (Lipinski definition) is 4. The first-order chi connectivity index (χ1) is 14.5. The van der Waals surface area contributed by atoms with Gasteiger partial charge in [-0.25, -0.2) is 0 Å². The van der Waals surface area contributed by atoms with Crippen LogP contribution in [0.2, 0.25) is 5.02 Å². The van der Waals surface area contributed by atoms with Crippen molar-refractivity contribution >= 4 is 42.3 Å². The lowest BCUT2D eigenvalue weighted by atomic mass is 10.0. The third-order valence-electron chi connectivity index (χ3n) is 5.71.